The van der Waals surface area contributed by atoms with E-state index in [1.165, 1.54) is 0 Å². The number of nitrogens with zero attached hydrogens (tertiary/aromatic N) is 2. The first-order valence-electron chi connectivity index (χ1n) is 7.78. The van der Waals surface area contributed by atoms with E-state index >= 15 is 0 Å². The Morgan fingerprint density at radius 1 is 1.29 bits per heavy atom. The molecule has 0 radical (unpaired) electrons. The van der Waals surface area contributed by atoms with E-state index in [-0.39, 0.29) is 17.5 Å². The molecule has 1 aromatic heterocycles. The van der Waals surface area contributed by atoms with Gasteiger partial charge in [-0.05, 0) is 36.6 Å². The van der Waals surface area contributed by atoms with E-state index < -0.39 is 9.84 Å². The summed E-state index contributed by atoms with van der Waals surface area (Å²) in [5.41, 5.74) is 1.14. The molecule has 1 saturated heterocycles. The van der Waals surface area contributed by atoms with Gasteiger partial charge in [-0.25, -0.2) is 13.4 Å². The molecule has 1 aliphatic heterocycles. The Morgan fingerprint density at radius 3 is 2.92 bits per heavy atom. The lowest BCUT2D eigenvalue weighted by Crippen LogP contribution is -2.21. The molecule has 2 N–H and O–H groups in total. The van der Waals surface area contributed by atoms with Gasteiger partial charge in [0.2, 0.25) is 5.95 Å². The van der Waals surface area contributed by atoms with Crippen LogP contribution in [0.3, 0.4) is 0 Å². The number of hydrogen-bond acceptors (Lipinski definition) is 6. The largest absolute Gasteiger partial charge is 0.366 e. The van der Waals surface area contributed by atoms with Crippen molar-refractivity contribution < 1.29 is 8.42 Å². The molecule has 1 atom stereocenters. The fraction of sp³-hybridized carbons (Fsp3) is 0.375. The number of sulfone groups is 1. The van der Waals surface area contributed by atoms with Crippen LogP contribution in [0.5, 0.6) is 0 Å². The van der Waals surface area contributed by atoms with Gasteiger partial charge in [0.05, 0.1) is 11.5 Å². The van der Waals surface area contributed by atoms with Gasteiger partial charge in [-0.3, -0.25) is 0 Å². The first-order chi connectivity index (χ1) is 11.5. The first-order valence-corrected chi connectivity index (χ1v) is 9.98. The van der Waals surface area contributed by atoms with Crippen molar-refractivity contribution in [2.24, 2.45) is 0 Å². The highest BCUT2D eigenvalue weighted by atomic mass is 35.5. The van der Waals surface area contributed by atoms with Crippen molar-refractivity contribution in [2.45, 2.75) is 18.9 Å². The summed E-state index contributed by atoms with van der Waals surface area (Å²) in [7, 11) is -2.91. The standard InChI is InChI=1S/C16H19ClN4O2S/c17-13-3-1-2-12(10-13)4-7-18-16-19-8-5-15(21-16)20-14-6-9-24(22,23)11-14/h1-3,5,8,10,14H,4,6-7,9,11H2,(H2,18,19,20,21). The monoisotopic (exact) mass is 366 g/mol. The molecule has 2 heterocycles. The van der Waals surface area contributed by atoms with E-state index in [2.05, 4.69) is 20.6 Å². The van der Waals surface area contributed by atoms with Gasteiger partial charge in [0, 0.05) is 23.8 Å². The summed E-state index contributed by atoms with van der Waals surface area (Å²) in [5.74, 6) is 1.55. The normalized spacial score (nSPS) is 19.1. The average Bonchev–Trinajstić information content (AvgIpc) is 2.86. The average molecular weight is 367 g/mol. The number of aromatic nitrogens is 2. The van der Waals surface area contributed by atoms with Crippen molar-refractivity contribution in [1.29, 1.82) is 0 Å². The molecule has 1 aromatic carbocycles. The third-order valence-corrected chi connectivity index (χ3v) is 5.83. The van der Waals surface area contributed by atoms with Gasteiger partial charge in [-0.1, -0.05) is 23.7 Å². The summed E-state index contributed by atoms with van der Waals surface area (Å²) < 4.78 is 23.0. The van der Waals surface area contributed by atoms with E-state index in [4.69, 9.17) is 11.6 Å². The Balaban J connectivity index is 1.53. The molecule has 1 aliphatic rings. The van der Waals surface area contributed by atoms with Gasteiger partial charge >= 0.3 is 0 Å². The van der Waals surface area contributed by atoms with Gasteiger partial charge in [0.1, 0.15) is 5.82 Å². The molecule has 0 amide bonds. The molecule has 0 spiro atoms. The Labute approximate surface area is 146 Å². The first kappa shape index (κ1) is 17.0. The van der Waals surface area contributed by atoms with Crippen LogP contribution in [0.4, 0.5) is 11.8 Å². The highest BCUT2D eigenvalue weighted by Gasteiger charge is 2.27. The number of rotatable bonds is 6. The zero-order valence-corrected chi connectivity index (χ0v) is 14.6. The number of nitrogens with one attached hydrogen (secondary N) is 2. The van der Waals surface area contributed by atoms with Crippen LogP contribution >= 0.6 is 11.6 Å². The summed E-state index contributed by atoms with van der Waals surface area (Å²) in [4.78, 5) is 8.56. The summed E-state index contributed by atoms with van der Waals surface area (Å²) in [6, 6.07) is 9.39. The lowest BCUT2D eigenvalue weighted by atomic mass is 10.1. The molecular formula is C16H19ClN4O2S. The molecule has 0 bridgehead atoms. The molecule has 128 valence electrons. The third-order valence-electron chi connectivity index (χ3n) is 3.83. The van der Waals surface area contributed by atoms with E-state index in [0.29, 0.717) is 24.7 Å². The van der Waals surface area contributed by atoms with Gasteiger partial charge in [0.15, 0.2) is 9.84 Å². The van der Waals surface area contributed by atoms with Crippen molar-refractivity contribution in [3.63, 3.8) is 0 Å². The van der Waals surface area contributed by atoms with Crippen molar-refractivity contribution in [1.82, 2.24) is 9.97 Å². The van der Waals surface area contributed by atoms with Crippen LogP contribution in [-0.2, 0) is 16.3 Å². The predicted molar refractivity (Wildman–Crippen MR) is 96.4 cm³/mol. The van der Waals surface area contributed by atoms with Gasteiger partial charge in [-0.2, -0.15) is 4.98 Å². The summed E-state index contributed by atoms with van der Waals surface area (Å²) in [6.45, 7) is 0.682. The quantitative estimate of drug-likeness (QED) is 0.816. The molecule has 1 unspecified atom stereocenters. The second-order valence-electron chi connectivity index (χ2n) is 5.82. The Hall–Kier alpha value is -1.86. The maximum Gasteiger partial charge on any atom is 0.224 e. The predicted octanol–water partition coefficient (Wildman–Crippen LogP) is 2.38. The lowest BCUT2D eigenvalue weighted by molar-refractivity contribution is 0.602. The molecule has 0 saturated carbocycles. The second-order valence-corrected chi connectivity index (χ2v) is 8.48. The second kappa shape index (κ2) is 7.36. The topological polar surface area (TPSA) is 84.0 Å². The number of halogens is 1. The number of benzene rings is 1. The third kappa shape index (κ3) is 4.82. The summed E-state index contributed by atoms with van der Waals surface area (Å²) in [5, 5.41) is 7.06. The van der Waals surface area contributed by atoms with Crippen LogP contribution in [0.1, 0.15) is 12.0 Å². The van der Waals surface area contributed by atoms with E-state index in [9.17, 15) is 8.42 Å². The molecule has 8 heteroatoms. The van der Waals surface area contributed by atoms with Crippen molar-refractivity contribution in [3.8, 4) is 0 Å². The number of hydrogen-bond donors (Lipinski definition) is 2. The smallest absolute Gasteiger partial charge is 0.224 e. The minimum absolute atomic E-state index is 0.0794. The van der Waals surface area contributed by atoms with E-state index in [0.717, 1.165) is 17.0 Å². The zero-order valence-electron chi connectivity index (χ0n) is 13.1. The molecule has 24 heavy (non-hydrogen) atoms. The van der Waals surface area contributed by atoms with Gasteiger partial charge in [0.25, 0.3) is 0 Å². The summed E-state index contributed by atoms with van der Waals surface area (Å²) in [6.07, 6.45) is 3.08. The molecule has 6 nitrogen and oxygen atoms in total. The number of anilines is 2. The van der Waals surface area contributed by atoms with Gasteiger partial charge in [-0.15, -0.1) is 0 Å². The SMILES string of the molecule is O=S1(=O)CCC(Nc2ccnc(NCCc3cccc(Cl)c3)n2)C1. The van der Waals surface area contributed by atoms with Crippen molar-refractivity contribution in [2.75, 3.05) is 28.7 Å². The minimum atomic E-state index is -2.91. The van der Waals surface area contributed by atoms with Crippen molar-refractivity contribution in [3.05, 3.63) is 47.1 Å². The molecule has 3 rings (SSSR count). The van der Waals surface area contributed by atoms with Crippen LogP contribution in [0.25, 0.3) is 0 Å². The molecule has 1 fully saturated rings. The van der Waals surface area contributed by atoms with Crippen molar-refractivity contribution >= 4 is 33.2 Å². The Kier molecular flexibility index (Phi) is 5.20. The van der Waals surface area contributed by atoms with Crippen LogP contribution in [0.2, 0.25) is 5.02 Å². The van der Waals surface area contributed by atoms with Crippen LogP contribution in [0, 0.1) is 0 Å². The maximum absolute atomic E-state index is 11.5. The van der Waals surface area contributed by atoms with Crippen LogP contribution < -0.4 is 10.6 Å². The Bertz CT molecular complexity index is 813. The summed E-state index contributed by atoms with van der Waals surface area (Å²) >= 11 is 5.97. The fourth-order valence-electron chi connectivity index (χ4n) is 2.65. The van der Waals surface area contributed by atoms with Gasteiger partial charge < -0.3 is 10.6 Å². The zero-order chi connectivity index (χ0) is 17.0. The highest BCUT2D eigenvalue weighted by Crippen LogP contribution is 2.17. The minimum Gasteiger partial charge on any atom is -0.366 e. The molecule has 0 aliphatic carbocycles. The molecule has 2 aromatic rings. The van der Waals surface area contributed by atoms with Crippen LogP contribution in [-0.4, -0.2) is 42.5 Å². The lowest BCUT2D eigenvalue weighted by Gasteiger charge is -2.12. The van der Waals surface area contributed by atoms with E-state index in [1.54, 1.807) is 12.3 Å². The maximum atomic E-state index is 11.5. The molecular weight excluding hydrogens is 348 g/mol. The Morgan fingerprint density at radius 2 is 2.17 bits per heavy atom. The fourth-order valence-corrected chi connectivity index (χ4v) is 4.54. The van der Waals surface area contributed by atoms with Crippen LogP contribution in [0.15, 0.2) is 36.5 Å². The van der Waals surface area contributed by atoms with E-state index in [1.807, 2.05) is 24.3 Å². The highest BCUT2D eigenvalue weighted by molar-refractivity contribution is 7.91.